The molecule has 156 valence electrons. The van der Waals surface area contributed by atoms with Crippen LogP contribution in [0.1, 0.15) is 0 Å². The van der Waals surface area contributed by atoms with Crippen molar-refractivity contribution in [1.29, 1.82) is 0 Å². The van der Waals surface area contributed by atoms with E-state index in [4.69, 9.17) is 4.42 Å². The molecule has 30 heavy (non-hydrogen) atoms. The molecule has 1 aromatic carbocycles. The second kappa shape index (κ2) is 8.57. The molecule has 4 rings (SSSR count). The Bertz CT molecular complexity index is 1030. The summed E-state index contributed by atoms with van der Waals surface area (Å²) in [4.78, 5) is 26.9. The topological polar surface area (TPSA) is 111 Å². The maximum absolute atomic E-state index is 12.6. The van der Waals surface area contributed by atoms with Crippen LogP contribution in [0.2, 0.25) is 0 Å². The monoisotopic (exact) mass is 428 g/mol. The summed E-state index contributed by atoms with van der Waals surface area (Å²) in [5.74, 6) is 1.57. The first-order valence-corrected chi connectivity index (χ1v) is 10.3. The second-order valence-corrected chi connectivity index (χ2v) is 7.72. The Morgan fingerprint density at radius 1 is 1.17 bits per heavy atom. The molecule has 3 aromatic rings. The SMILES string of the molecule is Cn1c(SCC(=O)N2CCN(c3ccc([N+](=O)[O-])cc3)CC2)nnc1-c1ccco1. The lowest BCUT2D eigenvalue weighted by Gasteiger charge is -2.36. The number of thioether (sulfide) groups is 1. The van der Waals surface area contributed by atoms with Crippen molar-refractivity contribution >= 4 is 29.0 Å². The van der Waals surface area contributed by atoms with Crippen LogP contribution >= 0.6 is 11.8 Å². The maximum atomic E-state index is 12.6. The molecule has 0 radical (unpaired) electrons. The van der Waals surface area contributed by atoms with E-state index < -0.39 is 4.92 Å². The van der Waals surface area contributed by atoms with E-state index in [0.29, 0.717) is 42.9 Å². The third kappa shape index (κ3) is 4.15. The Kier molecular flexibility index (Phi) is 5.70. The Labute approximate surface area is 176 Å². The number of anilines is 1. The fourth-order valence-corrected chi connectivity index (χ4v) is 4.09. The molecule has 10 nitrogen and oxygen atoms in total. The number of non-ortho nitro benzene ring substituents is 1. The molecule has 1 fully saturated rings. The summed E-state index contributed by atoms with van der Waals surface area (Å²) in [6, 6.07) is 10.1. The summed E-state index contributed by atoms with van der Waals surface area (Å²) < 4.78 is 7.16. The quantitative estimate of drug-likeness (QED) is 0.334. The fourth-order valence-electron chi connectivity index (χ4n) is 3.28. The Morgan fingerprint density at radius 3 is 2.53 bits per heavy atom. The van der Waals surface area contributed by atoms with Crippen LogP contribution in [0, 0.1) is 10.1 Å². The van der Waals surface area contributed by atoms with Gasteiger partial charge in [-0.15, -0.1) is 10.2 Å². The molecule has 2 aromatic heterocycles. The molecule has 0 saturated carbocycles. The van der Waals surface area contributed by atoms with Crippen molar-refractivity contribution in [3.63, 3.8) is 0 Å². The molecule has 1 saturated heterocycles. The van der Waals surface area contributed by atoms with Gasteiger partial charge in [-0.1, -0.05) is 11.8 Å². The second-order valence-electron chi connectivity index (χ2n) is 6.77. The number of aromatic nitrogens is 3. The number of carbonyl (C=O) groups excluding carboxylic acids is 1. The van der Waals surface area contributed by atoms with Crippen LogP contribution in [-0.2, 0) is 11.8 Å². The highest BCUT2D eigenvalue weighted by atomic mass is 32.2. The summed E-state index contributed by atoms with van der Waals surface area (Å²) in [6.45, 7) is 2.57. The molecule has 11 heteroatoms. The Morgan fingerprint density at radius 2 is 1.90 bits per heavy atom. The summed E-state index contributed by atoms with van der Waals surface area (Å²) >= 11 is 1.35. The van der Waals surface area contributed by atoms with Gasteiger partial charge in [-0.2, -0.15) is 0 Å². The lowest BCUT2D eigenvalue weighted by atomic mass is 10.2. The van der Waals surface area contributed by atoms with Gasteiger partial charge in [0.15, 0.2) is 16.7 Å². The molecule has 3 heterocycles. The summed E-state index contributed by atoms with van der Waals surface area (Å²) in [5, 5.41) is 19.7. The first-order valence-electron chi connectivity index (χ1n) is 9.36. The molecule has 0 unspecified atom stereocenters. The van der Waals surface area contributed by atoms with Gasteiger partial charge in [0.1, 0.15) is 0 Å². The van der Waals surface area contributed by atoms with E-state index in [1.165, 1.54) is 23.9 Å². The van der Waals surface area contributed by atoms with E-state index in [2.05, 4.69) is 15.1 Å². The summed E-state index contributed by atoms with van der Waals surface area (Å²) in [7, 11) is 1.84. The van der Waals surface area contributed by atoms with E-state index >= 15 is 0 Å². The van der Waals surface area contributed by atoms with Gasteiger partial charge in [0, 0.05) is 51.0 Å². The van der Waals surface area contributed by atoms with Gasteiger partial charge in [-0.25, -0.2) is 0 Å². The largest absolute Gasteiger partial charge is 0.461 e. The molecular formula is C19H20N6O4S. The zero-order chi connectivity index (χ0) is 21.1. The smallest absolute Gasteiger partial charge is 0.269 e. The van der Waals surface area contributed by atoms with Gasteiger partial charge >= 0.3 is 0 Å². The van der Waals surface area contributed by atoms with Crippen molar-refractivity contribution in [2.45, 2.75) is 5.16 Å². The number of carbonyl (C=O) groups is 1. The average Bonchev–Trinajstić information content (AvgIpc) is 3.42. The first-order chi connectivity index (χ1) is 14.5. The number of benzene rings is 1. The van der Waals surface area contributed by atoms with Gasteiger partial charge < -0.3 is 18.8 Å². The molecule has 1 amide bonds. The van der Waals surface area contributed by atoms with Crippen LogP contribution in [0.5, 0.6) is 0 Å². The number of rotatable bonds is 6. The molecular weight excluding hydrogens is 408 g/mol. The van der Waals surface area contributed by atoms with Crippen LogP contribution in [0.3, 0.4) is 0 Å². The summed E-state index contributed by atoms with van der Waals surface area (Å²) in [6.07, 6.45) is 1.58. The minimum atomic E-state index is -0.410. The van der Waals surface area contributed by atoms with Crippen LogP contribution in [0.4, 0.5) is 11.4 Å². The van der Waals surface area contributed by atoms with Gasteiger partial charge in [0.05, 0.1) is 16.9 Å². The van der Waals surface area contributed by atoms with Crippen molar-refractivity contribution in [3.8, 4) is 11.6 Å². The highest BCUT2D eigenvalue weighted by molar-refractivity contribution is 7.99. The number of amides is 1. The standard InChI is InChI=1S/C19H20N6O4S/c1-22-18(16-3-2-12-29-16)20-21-19(22)30-13-17(26)24-10-8-23(9-11-24)14-4-6-15(7-5-14)25(27)28/h2-7,12H,8-11,13H2,1H3. The molecule has 0 spiro atoms. The molecule has 0 aliphatic carbocycles. The maximum Gasteiger partial charge on any atom is 0.269 e. The fraction of sp³-hybridized carbons (Fsp3) is 0.316. The summed E-state index contributed by atoms with van der Waals surface area (Å²) in [5.41, 5.74) is 0.996. The van der Waals surface area contributed by atoms with Crippen molar-refractivity contribution in [1.82, 2.24) is 19.7 Å². The van der Waals surface area contributed by atoms with Crippen molar-refractivity contribution in [2.24, 2.45) is 7.05 Å². The lowest BCUT2D eigenvalue weighted by molar-refractivity contribution is -0.384. The molecule has 0 bridgehead atoms. The van der Waals surface area contributed by atoms with Crippen LogP contribution < -0.4 is 4.90 Å². The van der Waals surface area contributed by atoms with Crippen LogP contribution in [0.25, 0.3) is 11.6 Å². The third-order valence-corrected chi connectivity index (χ3v) is 5.96. The highest BCUT2D eigenvalue weighted by Crippen LogP contribution is 2.24. The van der Waals surface area contributed by atoms with Gasteiger partial charge in [-0.3, -0.25) is 14.9 Å². The normalized spacial score (nSPS) is 14.2. The number of nitrogens with zero attached hydrogens (tertiary/aromatic N) is 6. The van der Waals surface area contributed by atoms with Gasteiger partial charge in [-0.05, 0) is 24.3 Å². The number of nitro groups is 1. The molecule has 1 aliphatic rings. The van der Waals surface area contributed by atoms with Gasteiger partial charge in [0.25, 0.3) is 5.69 Å². The Balaban J connectivity index is 1.29. The van der Waals surface area contributed by atoms with Crippen molar-refractivity contribution < 1.29 is 14.1 Å². The number of hydrogen-bond donors (Lipinski definition) is 0. The first kappa shape index (κ1) is 20.0. The van der Waals surface area contributed by atoms with Crippen molar-refractivity contribution in [3.05, 3.63) is 52.8 Å². The molecule has 1 aliphatic heterocycles. The van der Waals surface area contributed by atoms with E-state index in [9.17, 15) is 14.9 Å². The van der Waals surface area contributed by atoms with Crippen LogP contribution in [0.15, 0.2) is 52.2 Å². The average molecular weight is 428 g/mol. The number of hydrogen-bond acceptors (Lipinski definition) is 8. The highest BCUT2D eigenvalue weighted by Gasteiger charge is 2.23. The predicted octanol–water partition coefficient (Wildman–Crippen LogP) is 2.42. The van der Waals surface area contributed by atoms with E-state index in [1.54, 1.807) is 24.5 Å². The number of nitro benzene ring substituents is 1. The minimum Gasteiger partial charge on any atom is -0.461 e. The number of piperazine rings is 1. The van der Waals surface area contributed by atoms with Gasteiger partial charge in [0.2, 0.25) is 5.91 Å². The zero-order valence-corrected chi connectivity index (χ0v) is 17.1. The van der Waals surface area contributed by atoms with E-state index in [1.807, 2.05) is 22.6 Å². The Hall–Kier alpha value is -3.34. The van der Waals surface area contributed by atoms with Crippen molar-refractivity contribution in [2.75, 3.05) is 36.8 Å². The van der Waals surface area contributed by atoms with E-state index in [-0.39, 0.29) is 17.3 Å². The third-order valence-electron chi connectivity index (χ3n) is 4.96. The molecule has 0 atom stereocenters. The van der Waals surface area contributed by atoms with Crippen LogP contribution in [-0.4, -0.2) is 62.4 Å². The molecule has 0 N–H and O–H groups in total. The number of furan rings is 1. The van der Waals surface area contributed by atoms with E-state index in [0.717, 1.165) is 5.69 Å². The predicted molar refractivity (Wildman–Crippen MR) is 111 cm³/mol. The zero-order valence-electron chi connectivity index (χ0n) is 16.3. The minimum absolute atomic E-state index is 0.0471. The lowest BCUT2D eigenvalue weighted by Crippen LogP contribution is -2.49.